The van der Waals surface area contributed by atoms with E-state index in [1.807, 2.05) is 0 Å². The second-order valence-corrected chi connectivity index (χ2v) is 6.14. The fourth-order valence-corrected chi connectivity index (χ4v) is 3.15. The number of hydrogen-bond donors (Lipinski definition) is 1. The van der Waals surface area contributed by atoms with Crippen LogP contribution in [0.25, 0.3) is 0 Å². The predicted molar refractivity (Wildman–Crippen MR) is 92.9 cm³/mol. The van der Waals surface area contributed by atoms with Crippen molar-refractivity contribution in [2.75, 3.05) is 27.1 Å². The molecule has 1 atom stereocenters. The van der Waals surface area contributed by atoms with Crippen LogP contribution in [-0.2, 0) is 14.2 Å². The molecule has 0 heterocycles. The van der Waals surface area contributed by atoms with Crippen molar-refractivity contribution in [3.05, 3.63) is 0 Å². The maximum Gasteiger partial charge on any atom is 0.285 e. The third-order valence-electron chi connectivity index (χ3n) is 4.22. The number of methoxy groups -OCH3 is 3. The number of rotatable bonds is 15. The summed E-state index contributed by atoms with van der Waals surface area (Å²) in [6.45, 7) is 2.25. The lowest BCUT2D eigenvalue weighted by Crippen LogP contribution is -2.44. The molecule has 0 N–H and O–H groups in total. The third kappa shape index (κ3) is 8.44. The molecule has 0 radical (unpaired) electrons. The van der Waals surface area contributed by atoms with Gasteiger partial charge in [-0.1, -0.05) is 51.9 Å². The second kappa shape index (κ2) is 13.9. The van der Waals surface area contributed by atoms with Gasteiger partial charge in [0, 0.05) is 27.2 Å². The summed E-state index contributed by atoms with van der Waals surface area (Å²) in [6.07, 6.45) is 12.3. The lowest BCUT2D eigenvalue weighted by Gasteiger charge is -2.36. The first-order valence-electron chi connectivity index (χ1n) is 8.47. The van der Waals surface area contributed by atoms with Crippen LogP contribution in [0.4, 0.5) is 0 Å². The van der Waals surface area contributed by atoms with Crippen LogP contribution in [0.3, 0.4) is 0 Å². The Morgan fingerprint density at radius 2 is 1.24 bits per heavy atom. The third-order valence-corrected chi connectivity index (χ3v) is 4.54. The minimum absolute atomic E-state index is 0.281. The summed E-state index contributed by atoms with van der Waals surface area (Å²) in [4.78, 5) is 0. The monoisotopic (exact) mass is 320 g/mol. The minimum atomic E-state index is -0.889. The van der Waals surface area contributed by atoms with Gasteiger partial charge in [0.15, 0.2) is 0 Å². The van der Waals surface area contributed by atoms with Crippen LogP contribution < -0.4 is 0 Å². The Hall–Kier alpha value is 0.230. The van der Waals surface area contributed by atoms with Crippen molar-refractivity contribution in [1.29, 1.82) is 0 Å². The molecule has 0 saturated heterocycles. The molecule has 128 valence electrons. The molecule has 0 rings (SSSR count). The summed E-state index contributed by atoms with van der Waals surface area (Å²) in [5.74, 6) is 0.326. The highest BCUT2D eigenvalue weighted by molar-refractivity contribution is 7.80. The van der Waals surface area contributed by atoms with E-state index in [1.54, 1.807) is 21.3 Å². The molecule has 0 aromatic heterocycles. The van der Waals surface area contributed by atoms with E-state index in [0.29, 0.717) is 0 Å². The van der Waals surface area contributed by atoms with Crippen molar-refractivity contribution < 1.29 is 14.2 Å². The summed E-state index contributed by atoms with van der Waals surface area (Å²) in [7, 11) is 5.00. The van der Waals surface area contributed by atoms with Crippen molar-refractivity contribution in [2.45, 2.75) is 77.1 Å². The predicted octanol–water partition coefficient (Wildman–Crippen LogP) is 5.05. The van der Waals surface area contributed by atoms with Crippen LogP contribution in [-0.4, -0.2) is 33.1 Å². The Morgan fingerprint density at radius 3 is 1.71 bits per heavy atom. The maximum atomic E-state index is 5.56. The SMILES string of the molecule is CCCCCCCCC(CCCCS)C(OC)(OC)OC. The van der Waals surface area contributed by atoms with Crippen LogP contribution >= 0.6 is 12.6 Å². The molecule has 0 aliphatic heterocycles. The Morgan fingerprint density at radius 1 is 0.762 bits per heavy atom. The molecular weight excluding hydrogens is 284 g/mol. The fourth-order valence-electron chi connectivity index (χ4n) is 2.92. The summed E-state index contributed by atoms with van der Waals surface area (Å²) in [5.41, 5.74) is 0. The molecule has 0 spiro atoms. The zero-order chi connectivity index (χ0) is 16.0. The molecule has 3 nitrogen and oxygen atoms in total. The normalized spacial score (nSPS) is 13.6. The van der Waals surface area contributed by atoms with Gasteiger partial charge in [-0.3, -0.25) is 0 Å². The van der Waals surface area contributed by atoms with E-state index in [0.717, 1.165) is 31.4 Å². The van der Waals surface area contributed by atoms with Crippen LogP contribution in [0.2, 0.25) is 0 Å². The smallest absolute Gasteiger partial charge is 0.285 e. The van der Waals surface area contributed by atoms with E-state index < -0.39 is 5.97 Å². The van der Waals surface area contributed by atoms with Gasteiger partial charge in [-0.05, 0) is 25.0 Å². The molecule has 1 unspecified atom stereocenters. The molecule has 21 heavy (non-hydrogen) atoms. The van der Waals surface area contributed by atoms with E-state index in [-0.39, 0.29) is 5.92 Å². The largest absolute Gasteiger partial charge is 0.331 e. The average Bonchev–Trinajstić information content (AvgIpc) is 2.52. The van der Waals surface area contributed by atoms with Gasteiger partial charge in [-0.2, -0.15) is 12.6 Å². The van der Waals surface area contributed by atoms with Gasteiger partial charge in [0.2, 0.25) is 0 Å². The zero-order valence-electron chi connectivity index (χ0n) is 14.5. The first kappa shape index (κ1) is 21.2. The molecule has 0 amide bonds. The van der Waals surface area contributed by atoms with Gasteiger partial charge in [-0.25, -0.2) is 0 Å². The van der Waals surface area contributed by atoms with Gasteiger partial charge < -0.3 is 14.2 Å². The summed E-state index contributed by atoms with van der Waals surface area (Å²) in [6, 6.07) is 0. The van der Waals surface area contributed by atoms with E-state index in [1.165, 1.54) is 38.5 Å². The summed E-state index contributed by atoms with van der Waals surface area (Å²) < 4.78 is 16.7. The van der Waals surface area contributed by atoms with E-state index in [4.69, 9.17) is 14.2 Å². The first-order chi connectivity index (χ1) is 10.2. The summed E-state index contributed by atoms with van der Waals surface area (Å²) >= 11 is 4.29. The molecule has 4 heteroatoms. The van der Waals surface area contributed by atoms with Gasteiger partial charge in [0.1, 0.15) is 0 Å². The van der Waals surface area contributed by atoms with Crippen molar-refractivity contribution in [3.63, 3.8) is 0 Å². The summed E-state index contributed by atoms with van der Waals surface area (Å²) in [5, 5.41) is 0. The van der Waals surface area contributed by atoms with Gasteiger partial charge in [-0.15, -0.1) is 0 Å². The molecular formula is C17H36O3S. The number of hydrogen-bond acceptors (Lipinski definition) is 4. The lowest BCUT2D eigenvalue weighted by molar-refractivity contribution is -0.380. The average molecular weight is 321 g/mol. The van der Waals surface area contributed by atoms with Crippen LogP contribution in [0.1, 0.15) is 71.1 Å². The van der Waals surface area contributed by atoms with Crippen LogP contribution in [0, 0.1) is 5.92 Å². The Kier molecular flexibility index (Phi) is 14.0. The van der Waals surface area contributed by atoms with E-state index >= 15 is 0 Å². The number of ether oxygens (including phenoxy) is 3. The highest BCUT2D eigenvalue weighted by atomic mass is 32.1. The number of unbranched alkanes of at least 4 members (excludes halogenated alkanes) is 6. The highest BCUT2D eigenvalue weighted by Crippen LogP contribution is 2.32. The van der Waals surface area contributed by atoms with Gasteiger partial charge in [0.05, 0.1) is 0 Å². The second-order valence-electron chi connectivity index (χ2n) is 5.69. The van der Waals surface area contributed by atoms with Crippen LogP contribution in [0.15, 0.2) is 0 Å². The molecule has 0 aromatic carbocycles. The standard InChI is InChI=1S/C17H36O3S/c1-5-6-7-8-9-10-13-16(14-11-12-15-21)17(18-2,19-3)20-4/h16,21H,5-15H2,1-4H3. The van der Waals surface area contributed by atoms with Gasteiger partial charge in [0.25, 0.3) is 5.97 Å². The van der Waals surface area contributed by atoms with Crippen molar-refractivity contribution in [2.24, 2.45) is 5.92 Å². The molecule has 0 aromatic rings. The fraction of sp³-hybridized carbons (Fsp3) is 1.00. The maximum absolute atomic E-state index is 5.56. The molecule has 0 aliphatic rings. The van der Waals surface area contributed by atoms with E-state index in [2.05, 4.69) is 19.6 Å². The molecule has 0 saturated carbocycles. The quantitative estimate of drug-likeness (QED) is 0.260. The Labute approximate surface area is 137 Å². The van der Waals surface area contributed by atoms with Crippen molar-refractivity contribution >= 4 is 12.6 Å². The van der Waals surface area contributed by atoms with Gasteiger partial charge >= 0.3 is 0 Å². The molecule has 0 aliphatic carbocycles. The van der Waals surface area contributed by atoms with Crippen molar-refractivity contribution in [1.82, 2.24) is 0 Å². The van der Waals surface area contributed by atoms with Crippen LogP contribution in [0.5, 0.6) is 0 Å². The lowest BCUT2D eigenvalue weighted by atomic mass is 9.92. The molecule has 0 bridgehead atoms. The van der Waals surface area contributed by atoms with Crippen molar-refractivity contribution in [3.8, 4) is 0 Å². The zero-order valence-corrected chi connectivity index (χ0v) is 15.4. The number of thiol groups is 1. The van der Waals surface area contributed by atoms with E-state index in [9.17, 15) is 0 Å². The highest BCUT2D eigenvalue weighted by Gasteiger charge is 2.39. The Balaban J connectivity index is 4.30. The topological polar surface area (TPSA) is 27.7 Å². The first-order valence-corrected chi connectivity index (χ1v) is 9.10. The minimum Gasteiger partial charge on any atom is -0.331 e. The Bertz CT molecular complexity index is 212. The molecule has 0 fully saturated rings.